The van der Waals surface area contributed by atoms with Crippen LogP contribution in [0.4, 0.5) is 10.5 Å². The Morgan fingerprint density at radius 3 is 2.46 bits per heavy atom. The van der Waals surface area contributed by atoms with E-state index < -0.39 is 0 Å². The Morgan fingerprint density at radius 1 is 1.11 bits per heavy atom. The number of anilines is 1. The summed E-state index contributed by atoms with van der Waals surface area (Å²) in [4.78, 5) is 20.5. The molecule has 2 amide bonds. The molecule has 1 aromatic heterocycles. The van der Waals surface area contributed by atoms with Gasteiger partial charge in [-0.2, -0.15) is 0 Å². The molecule has 2 N–H and O–H groups in total. The van der Waals surface area contributed by atoms with Crippen LogP contribution in [0.5, 0.6) is 17.5 Å². The number of aromatic nitrogens is 2. The number of nitrogens with one attached hydrogen (secondary N) is 2. The number of carbonyl (C=O) groups is 1. The van der Waals surface area contributed by atoms with Crippen LogP contribution in [0.25, 0.3) is 0 Å². The highest BCUT2D eigenvalue weighted by Crippen LogP contribution is 2.34. The van der Waals surface area contributed by atoms with E-state index in [4.69, 9.17) is 25.8 Å². The fourth-order valence-electron chi connectivity index (χ4n) is 3.16. The van der Waals surface area contributed by atoms with Crippen molar-refractivity contribution in [2.45, 2.75) is 37.8 Å². The number of halogens is 1. The van der Waals surface area contributed by atoms with Gasteiger partial charge in [-0.25, -0.2) is 14.8 Å². The highest BCUT2D eigenvalue weighted by molar-refractivity contribution is 6.30. The predicted molar refractivity (Wildman–Crippen MR) is 105 cm³/mol. The molecule has 0 saturated heterocycles. The largest absolute Gasteiger partial charge is 0.493 e. The van der Waals surface area contributed by atoms with E-state index >= 15 is 0 Å². The van der Waals surface area contributed by atoms with Crippen molar-refractivity contribution in [1.29, 1.82) is 0 Å². The SMILES string of the molecule is COc1cccc(NC(=O)NC2CCC(Oc3ncc(Cl)cn3)CC2)c1OC. The first-order chi connectivity index (χ1) is 13.6. The van der Waals surface area contributed by atoms with Gasteiger partial charge in [-0.05, 0) is 37.8 Å². The molecule has 1 aliphatic carbocycles. The van der Waals surface area contributed by atoms with Crippen LogP contribution in [0.15, 0.2) is 30.6 Å². The first-order valence-electron chi connectivity index (χ1n) is 9.01. The third-order valence-corrected chi connectivity index (χ3v) is 4.72. The summed E-state index contributed by atoms with van der Waals surface area (Å²) in [7, 11) is 3.09. The van der Waals surface area contributed by atoms with Crippen molar-refractivity contribution in [1.82, 2.24) is 15.3 Å². The third-order valence-electron chi connectivity index (χ3n) is 4.53. The number of rotatable bonds is 6. The standard InChI is InChI=1S/C19H23ClN4O4/c1-26-16-5-3-4-15(17(16)27-2)24-18(25)23-13-6-8-14(9-7-13)28-19-21-10-12(20)11-22-19/h3-5,10-11,13-14H,6-9H2,1-2H3,(H2,23,24,25). The van der Waals surface area contributed by atoms with Gasteiger partial charge >= 0.3 is 12.0 Å². The monoisotopic (exact) mass is 406 g/mol. The van der Waals surface area contributed by atoms with Gasteiger partial charge in [0.25, 0.3) is 0 Å². The molecule has 0 unspecified atom stereocenters. The molecule has 1 aliphatic rings. The maximum absolute atomic E-state index is 12.4. The van der Waals surface area contributed by atoms with Gasteiger partial charge in [0.1, 0.15) is 6.10 Å². The van der Waals surface area contributed by atoms with E-state index in [1.54, 1.807) is 25.3 Å². The lowest BCUT2D eigenvalue weighted by Gasteiger charge is -2.29. The molecular weight excluding hydrogens is 384 g/mol. The average molecular weight is 407 g/mol. The van der Waals surface area contributed by atoms with Crippen molar-refractivity contribution in [3.63, 3.8) is 0 Å². The second-order valence-corrected chi connectivity index (χ2v) is 6.85. The van der Waals surface area contributed by atoms with E-state index in [1.807, 2.05) is 0 Å². The van der Waals surface area contributed by atoms with Crippen LogP contribution in [0.1, 0.15) is 25.7 Å². The highest BCUT2D eigenvalue weighted by atomic mass is 35.5. The van der Waals surface area contributed by atoms with Gasteiger partial charge in [0.2, 0.25) is 0 Å². The lowest BCUT2D eigenvalue weighted by atomic mass is 9.93. The van der Waals surface area contributed by atoms with E-state index in [0.717, 1.165) is 25.7 Å². The van der Waals surface area contributed by atoms with Gasteiger partial charge in [0.15, 0.2) is 11.5 Å². The Bertz CT molecular complexity index is 795. The predicted octanol–water partition coefficient (Wildman–Crippen LogP) is 3.66. The average Bonchev–Trinajstić information content (AvgIpc) is 2.71. The van der Waals surface area contributed by atoms with Gasteiger partial charge in [0, 0.05) is 6.04 Å². The lowest BCUT2D eigenvalue weighted by Crippen LogP contribution is -2.41. The fourth-order valence-corrected chi connectivity index (χ4v) is 3.26. The van der Waals surface area contributed by atoms with Crippen molar-refractivity contribution in [3.05, 3.63) is 35.6 Å². The molecule has 28 heavy (non-hydrogen) atoms. The van der Waals surface area contributed by atoms with Gasteiger partial charge in [-0.3, -0.25) is 0 Å². The molecule has 150 valence electrons. The van der Waals surface area contributed by atoms with Crippen LogP contribution in [-0.2, 0) is 0 Å². The lowest BCUT2D eigenvalue weighted by molar-refractivity contribution is 0.129. The number of amides is 2. The molecule has 3 rings (SSSR count). The molecule has 0 atom stereocenters. The molecule has 1 saturated carbocycles. The summed E-state index contributed by atoms with van der Waals surface area (Å²) in [5.74, 6) is 1.04. The second-order valence-electron chi connectivity index (χ2n) is 6.41. The van der Waals surface area contributed by atoms with Crippen molar-refractivity contribution < 1.29 is 19.0 Å². The summed E-state index contributed by atoms with van der Waals surface area (Å²) >= 11 is 5.77. The molecule has 0 aliphatic heterocycles. The molecule has 9 heteroatoms. The normalized spacial score (nSPS) is 18.8. The van der Waals surface area contributed by atoms with Crippen LogP contribution in [0.3, 0.4) is 0 Å². The number of hydrogen-bond acceptors (Lipinski definition) is 6. The van der Waals surface area contributed by atoms with Crippen LogP contribution in [0.2, 0.25) is 5.02 Å². The minimum absolute atomic E-state index is 0.0285. The summed E-state index contributed by atoms with van der Waals surface area (Å²) < 4.78 is 16.4. The zero-order chi connectivity index (χ0) is 19.9. The first-order valence-corrected chi connectivity index (χ1v) is 9.39. The van der Waals surface area contributed by atoms with Crippen molar-refractivity contribution in [2.75, 3.05) is 19.5 Å². The van der Waals surface area contributed by atoms with Crippen LogP contribution in [0, 0.1) is 0 Å². The Labute approximate surface area is 168 Å². The highest BCUT2D eigenvalue weighted by Gasteiger charge is 2.24. The number of carbonyl (C=O) groups excluding carboxylic acids is 1. The molecular formula is C19H23ClN4O4. The van der Waals surface area contributed by atoms with E-state index in [-0.39, 0.29) is 18.2 Å². The molecule has 1 fully saturated rings. The van der Waals surface area contributed by atoms with Gasteiger partial charge in [0.05, 0.1) is 37.3 Å². The van der Waals surface area contributed by atoms with Crippen LogP contribution >= 0.6 is 11.6 Å². The number of hydrogen-bond donors (Lipinski definition) is 2. The number of ether oxygens (including phenoxy) is 3. The van der Waals surface area contributed by atoms with Gasteiger partial charge in [-0.1, -0.05) is 17.7 Å². The van der Waals surface area contributed by atoms with E-state index in [0.29, 0.717) is 28.2 Å². The second kappa shape index (κ2) is 9.45. The minimum Gasteiger partial charge on any atom is -0.493 e. The molecule has 0 bridgehead atoms. The zero-order valence-corrected chi connectivity index (χ0v) is 16.5. The zero-order valence-electron chi connectivity index (χ0n) is 15.8. The number of benzene rings is 1. The van der Waals surface area contributed by atoms with Crippen molar-refractivity contribution in [2.24, 2.45) is 0 Å². The molecule has 2 aromatic rings. The molecule has 8 nitrogen and oxygen atoms in total. The number of urea groups is 1. The smallest absolute Gasteiger partial charge is 0.319 e. The third kappa shape index (κ3) is 5.16. The number of nitrogens with zero attached hydrogens (tertiary/aromatic N) is 2. The first kappa shape index (κ1) is 20.0. The summed E-state index contributed by atoms with van der Waals surface area (Å²) in [6, 6.07) is 5.44. The van der Waals surface area contributed by atoms with Crippen molar-refractivity contribution >= 4 is 23.3 Å². The summed E-state index contributed by atoms with van der Waals surface area (Å²) in [5.41, 5.74) is 0.552. The molecule has 1 heterocycles. The summed E-state index contributed by atoms with van der Waals surface area (Å²) in [6.07, 6.45) is 6.27. The van der Waals surface area contributed by atoms with E-state index in [9.17, 15) is 4.79 Å². The maximum atomic E-state index is 12.4. The number of methoxy groups -OCH3 is 2. The van der Waals surface area contributed by atoms with E-state index in [1.165, 1.54) is 19.5 Å². The summed E-state index contributed by atoms with van der Waals surface area (Å²) in [5, 5.41) is 6.29. The minimum atomic E-state index is -0.281. The molecule has 1 aromatic carbocycles. The van der Waals surface area contributed by atoms with E-state index in [2.05, 4.69) is 20.6 Å². The number of para-hydroxylation sites is 1. The van der Waals surface area contributed by atoms with Crippen LogP contribution in [-0.4, -0.2) is 42.4 Å². The Hall–Kier alpha value is -2.74. The molecule has 0 radical (unpaired) electrons. The van der Waals surface area contributed by atoms with Gasteiger partial charge in [-0.15, -0.1) is 0 Å². The topological polar surface area (TPSA) is 94.6 Å². The quantitative estimate of drug-likeness (QED) is 0.760. The Morgan fingerprint density at radius 2 is 1.82 bits per heavy atom. The Kier molecular flexibility index (Phi) is 6.76. The van der Waals surface area contributed by atoms with Crippen LogP contribution < -0.4 is 24.8 Å². The van der Waals surface area contributed by atoms with Gasteiger partial charge < -0.3 is 24.8 Å². The maximum Gasteiger partial charge on any atom is 0.319 e. The molecule has 0 spiro atoms. The van der Waals surface area contributed by atoms with Crippen molar-refractivity contribution in [3.8, 4) is 17.5 Å². The summed E-state index contributed by atoms with van der Waals surface area (Å²) in [6.45, 7) is 0. The fraction of sp³-hybridized carbons (Fsp3) is 0.421. The Balaban J connectivity index is 1.48.